The van der Waals surface area contributed by atoms with Crippen molar-refractivity contribution in [3.8, 4) is 0 Å². The predicted octanol–water partition coefficient (Wildman–Crippen LogP) is 3.40. The van der Waals surface area contributed by atoms with Crippen LogP contribution in [0, 0.1) is 13.8 Å². The number of nitrogens with zero attached hydrogens (tertiary/aromatic N) is 4. The van der Waals surface area contributed by atoms with E-state index < -0.39 is 17.8 Å². The highest BCUT2D eigenvalue weighted by molar-refractivity contribution is 5.90. The lowest BCUT2D eigenvalue weighted by Gasteiger charge is -2.05. The van der Waals surface area contributed by atoms with E-state index in [0.717, 1.165) is 21.9 Å². The average molecular weight is 377 g/mol. The van der Waals surface area contributed by atoms with Gasteiger partial charge in [-0.2, -0.15) is 23.4 Å². The number of aryl methyl sites for hydroxylation is 2. The van der Waals surface area contributed by atoms with Crippen LogP contribution in [0.15, 0.2) is 42.7 Å². The van der Waals surface area contributed by atoms with Gasteiger partial charge in [-0.1, -0.05) is 29.8 Å². The molecule has 3 aromatic rings. The lowest BCUT2D eigenvalue weighted by atomic mass is 10.1. The Labute approximate surface area is 153 Å². The summed E-state index contributed by atoms with van der Waals surface area (Å²) in [6.45, 7) is 3.70. The largest absolute Gasteiger partial charge is 0.435 e. The Bertz CT molecular complexity index is 941. The molecular formula is C18H18F3N5O. The summed E-state index contributed by atoms with van der Waals surface area (Å²) in [5.74, 6) is -0.482. The highest BCUT2D eigenvalue weighted by Gasteiger charge is 2.34. The fourth-order valence-corrected chi connectivity index (χ4v) is 2.54. The van der Waals surface area contributed by atoms with E-state index in [0.29, 0.717) is 12.2 Å². The smallest absolute Gasteiger partial charge is 0.322 e. The lowest BCUT2D eigenvalue weighted by molar-refractivity contribution is -0.141. The van der Waals surface area contributed by atoms with Crippen LogP contribution in [0.2, 0.25) is 0 Å². The molecular weight excluding hydrogens is 359 g/mol. The van der Waals surface area contributed by atoms with Gasteiger partial charge in [0.25, 0.3) is 0 Å². The van der Waals surface area contributed by atoms with Crippen LogP contribution in [-0.2, 0) is 24.1 Å². The number of aromatic nitrogens is 4. The van der Waals surface area contributed by atoms with Gasteiger partial charge in [0.2, 0.25) is 5.91 Å². The summed E-state index contributed by atoms with van der Waals surface area (Å²) in [7, 11) is 0. The molecule has 0 saturated heterocycles. The van der Waals surface area contributed by atoms with Crippen LogP contribution < -0.4 is 5.32 Å². The normalized spacial score (nSPS) is 11.6. The molecule has 3 rings (SSSR count). The fraction of sp³-hybridized carbons (Fsp3) is 0.278. The van der Waals surface area contributed by atoms with Gasteiger partial charge in [0, 0.05) is 11.9 Å². The SMILES string of the molecule is Cc1ccc(Cn2cc(NC(=O)Cn3nc(C(F)(F)F)cc3C)cn2)cc1. The van der Waals surface area contributed by atoms with Crippen LogP contribution in [0.3, 0.4) is 0 Å². The topological polar surface area (TPSA) is 64.7 Å². The van der Waals surface area contributed by atoms with Gasteiger partial charge in [-0.25, -0.2) is 0 Å². The number of rotatable bonds is 5. The van der Waals surface area contributed by atoms with E-state index in [4.69, 9.17) is 0 Å². The number of anilines is 1. The first-order valence-electron chi connectivity index (χ1n) is 8.20. The third kappa shape index (κ3) is 4.75. The number of hydrogen-bond donors (Lipinski definition) is 1. The molecule has 0 aliphatic heterocycles. The molecule has 9 heteroatoms. The molecule has 0 spiro atoms. The highest BCUT2D eigenvalue weighted by Crippen LogP contribution is 2.28. The molecule has 0 bridgehead atoms. The van der Waals surface area contributed by atoms with Crippen LogP contribution in [0.1, 0.15) is 22.5 Å². The third-order valence-electron chi connectivity index (χ3n) is 3.95. The van der Waals surface area contributed by atoms with Crippen molar-refractivity contribution in [1.82, 2.24) is 19.6 Å². The number of benzene rings is 1. The van der Waals surface area contributed by atoms with Crippen molar-refractivity contribution in [2.45, 2.75) is 33.1 Å². The van der Waals surface area contributed by atoms with Crippen molar-refractivity contribution < 1.29 is 18.0 Å². The quantitative estimate of drug-likeness (QED) is 0.741. The maximum atomic E-state index is 12.7. The summed E-state index contributed by atoms with van der Waals surface area (Å²) in [6.07, 6.45) is -1.39. The van der Waals surface area contributed by atoms with E-state index in [1.54, 1.807) is 10.9 Å². The molecule has 1 amide bonds. The van der Waals surface area contributed by atoms with Gasteiger partial charge in [0.15, 0.2) is 5.69 Å². The Morgan fingerprint density at radius 3 is 2.52 bits per heavy atom. The summed E-state index contributed by atoms with van der Waals surface area (Å²) < 4.78 is 40.7. The van der Waals surface area contributed by atoms with E-state index in [2.05, 4.69) is 15.5 Å². The number of halogens is 3. The molecule has 0 aliphatic rings. The maximum absolute atomic E-state index is 12.7. The van der Waals surface area contributed by atoms with Crippen molar-refractivity contribution >= 4 is 11.6 Å². The molecule has 2 aromatic heterocycles. The lowest BCUT2D eigenvalue weighted by Crippen LogP contribution is -2.20. The zero-order chi connectivity index (χ0) is 19.6. The first-order chi connectivity index (χ1) is 12.7. The fourth-order valence-electron chi connectivity index (χ4n) is 2.54. The van der Waals surface area contributed by atoms with Gasteiger partial charge in [-0.05, 0) is 25.5 Å². The van der Waals surface area contributed by atoms with Crippen molar-refractivity contribution in [2.24, 2.45) is 0 Å². The summed E-state index contributed by atoms with van der Waals surface area (Å²) in [4.78, 5) is 12.1. The standard InChI is InChI=1S/C18H18F3N5O/c1-12-3-5-14(6-4-12)9-25-10-15(8-22-25)23-17(27)11-26-13(2)7-16(24-26)18(19,20)21/h3-8,10H,9,11H2,1-2H3,(H,23,27). The molecule has 1 aromatic carbocycles. The Balaban J connectivity index is 1.61. The minimum Gasteiger partial charge on any atom is -0.322 e. The number of nitrogens with one attached hydrogen (secondary N) is 1. The van der Waals surface area contributed by atoms with Crippen molar-refractivity contribution in [2.75, 3.05) is 5.32 Å². The molecule has 1 N–H and O–H groups in total. The first-order valence-corrected chi connectivity index (χ1v) is 8.20. The van der Waals surface area contributed by atoms with Gasteiger partial charge in [-0.15, -0.1) is 0 Å². The van der Waals surface area contributed by atoms with Gasteiger partial charge in [-0.3, -0.25) is 14.2 Å². The zero-order valence-corrected chi connectivity index (χ0v) is 14.8. The van der Waals surface area contributed by atoms with E-state index >= 15 is 0 Å². The Kier molecular flexibility index (Phi) is 5.02. The first kappa shape index (κ1) is 18.7. The minimum absolute atomic E-state index is 0.257. The molecule has 2 heterocycles. The van der Waals surface area contributed by atoms with Crippen LogP contribution >= 0.6 is 0 Å². The molecule has 27 heavy (non-hydrogen) atoms. The van der Waals surface area contributed by atoms with E-state index in [1.165, 1.54) is 13.1 Å². The van der Waals surface area contributed by atoms with Gasteiger partial charge >= 0.3 is 6.18 Å². The van der Waals surface area contributed by atoms with Crippen LogP contribution in [-0.4, -0.2) is 25.5 Å². The zero-order valence-electron chi connectivity index (χ0n) is 14.8. The van der Waals surface area contributed by atoms with Crippen LogP contribution in [0.5, 0.6) is 0 Å². The second-order valence-corrected chi connectivity index (χ2v) is 6.29. The van der Waals surface area contributed by atoms with E-state index in [9.17, 15) is 18.0 Å². The molecule has 0 aliphatic carbocycles. The number of alkyl halides is 3. The minimum atomic E-state index is -4.54. The van der Waals surface area contributed by atoms with Crippen molar-refractivity contribution in [1.29, 1.82) is 0 Å². The predicted molar refractivity (Wildman–Crippen MR) is 93.1 cm³/mol. The third-order valence-corrected chi connectivity index (χ3v) is 3.95. The molecule has 0 unspecified atom stereocenters. The second kappa shape index (κ2) is 7.26. The molecule has 0 radical (unpaired) electrons. The number of carbonyl (C=O) groups is 1. The molecule has 0 saturated carbocycles. The Hall–Kier alpha value is -3.10. The van der Waals surface area contributed by atoms with Gasteiger partial charge in [0.1, 0.15) is 6.54 Å². The summed E-state index contributed by atoms with van der Waals surface area (Å²) in [5.41, 5.74) is 1.93. The van der Waals surface area contributed by atoms with Crippen LogP contribution in [0.25, 0.3) is 0 Å². The van der Waals surface area contributed by atoms with Crippen molar-refractivity contribution in [3.63, 3.8) is 0 Å². The number of hydrogen-bond acceptors (Lipinski definition) is 3. The van der Waals surface area contributed by atoms with Gasteiger partial charge < -0.3 is 5.32 Å². The summed E-state index contributed by atoms with van der Waals surface area (Å²) in [6, 6.07) is 8.90. The summed E-state index contributed by atoms with van der Waals surface area (Å²) >= 11 is 0. The summed E-state index contributed by atoms with van der Waals surface area (Å²) in [5, 5.41) is 10.2. The second-order valence-electron chi connectivity index (χ2n) is 6.29. The van der Waals surface area contributed by atoms with E-state index in [1.807, 2.05) is 31.2 Å². The van der Waals surface area contributed by atoms with Gasteiger partial charge in [0.05, 0.1) is 18.4 Å². The Morgan fingerprint density at radius 1 is 1.19 bits per heavy atom. The monoisotopic (exact) mass is 377 g/mol. The molecule has 142 valence electrons. The molecule has 0 atom stereocenters. The van der Waals surface area contributed by atoms with E-state index in [-0.39, 0.29) is 12.2 Å². The maximum Gasteiger partial charge on any atom is 0.435 e. The van der Waals surface area contributed by atoms with Crippen molar-refractivity contribution in [3.05, 3.63) is 65.2 Å². The average Bonchev–Trinajstić information content (AvgIpc) is 3.16. The number of carbonyl (C=O) groups excluding carboxylic acids is 1. The highest BCUT2D eigenvalue weighted by atomic mass is 19.4. The Morgan fingerprint density at radius 2 is 1.89 bits per heavy atom. The molecule has 0 fully saturated rings. The molecule has 6 nitrogen and oxygen atoms in total. The van der Waals surface area contributed by atoms with Crippen LogP contribution in [0.4, 0.5) is 18.9 Å². The number of amides is 1.